The van der Waals surface area contributed by atoms with Crippen molar-refractivity contribution in [1.82, 2.24) is 0 Å². The van der Waals surface area contributed by atoms with Crippen LogP contribution in [0.25, 0.3) is 0 Å². The van der Waals surface area contributed by atoms with Crippen molar-refractivity contribution in [3.05, 3.63) is 28.7 Å². The van der Waals surface area contributed by atoms with Crippen LogP contribution >= 0.6 is 27.5 Å². The lowest BCUT2D eigenvalue weighted by atomic mass is 10.3. The second-order valence-corrected chi connectivity index (χ2v) is 3.81. The Kier molecular flexibility index (Phi) is 3.75. The summed E-state index contributed by atoms with van der Waals surface area (Å²) in [7, 11) is 0. The summed E-state index contributed by atoms with van der Waals surface area (Å²) in [6.07, 6.45) is -0.615. The van der Waals surface area contributed by atoms with Gasteiger partial charge in [-0.05, 0) is 36.7 Å². The smallest absolute Gasteiger partial charge is 0.262 e. The monoisotopic (exact) mass is 262 g/mol. The minimum Gasteiger partial charge on any atom is -0.482 e. The second-order valence-electron chi connectivity index (χ2n) is 2.52. The van der Waals surface area contributed by atoms with Gasteiger partial charge in [0.1, 0.15) is 5.75 Å². The fourth-order valence-corrected chi connectivity index (χ4v) is 1.21. The predicted octanol–water partition coefficient (Wildman–Crippen LogP) is 2.98. The Morgan fingerprint density at radius 2 is 2.31 bits per heavy atom. The molecule has 1 atom stereocenters. The van der Waals surface area contributed by atoms with Crippen molar-refractivity contribution < 1.29 is 9.53 Å². The molecule has 0 amide bonds. The van der Waals surface area contributed by atoms with Gasteiger partial charge in [-0.15, -0.1) is 0 Å². The first-order chi connectivity index (χ1) is 6.09. The van der Waals surface area contributed by atoms with Crippen molar-refractivity contribution in [2.24, 2.45) is 0 Å². The molecule has 1 aromatic carbocycles. The van der Waals surface area contributed by atoms with Gasteiger partial charge in [-0.1, -0.05) is 22.0 Å². The molecule has 0 heterocycles. The Hall–Kier alpha value is -0.540. The predicted molar refractivity (Wildman–Crippen MR) is 55.1 cm³/mol. The molecule has 0 saturated carbocycles. The molecule has 1 rings (SSSR count). The lowest BCUT2D eigenvalue weighted by Crippen LogP contribution is -2.18. The fourth-order valence-electron chi connectivity index (χ4n) is 0.791. The molecular weight excluding hydrogens is 255 g/mol. The minimum atomic E-state index is -0.615. The zero-order valence-corrected chi connectivity index (χ0v) is 9.30. The van der Waals surface area contributed by atoms with Gasteiger partial charge in [-0.25, -0.2) is 0 Å². The summed E-state index contributed by atoms with van der Waals surface area (Å²) in [5, 5.41) is -0.500. The van der Waals surface area contributed by atoms with Crippen LogP contribution in [0.5, 0.6) is 5.75 Å². The van der Waals surface area contributed by atoms with Gasteiger partial charge in [0.15, 0.2) is 6.10 Å². The van der Waals surface area contributed by atoms with Gasteiger partial charge in [0.2, 0.25) is 0 Å². The third-order valence-corrected chi connectivity index (χ3v) is 2.23. The number of rotatable bonds is 3. The molecule has 0 N–H and O–H groups in total. The van der Waals surface area contributed by atoms with Crippen molar-refractivity contribution in [2.45, 2.75) is 13.0 Å². The number of halogens is 2. The highest BCUT2D eigenvalue weighted by Crippen LogP contribution is 2.19. The largest absolute Gasteiger partial charge is 0.482 e. The van der Waals surface area contributed by atoms with E-state index in [0.717, 1.165) is 4.47 Å². The normalized spacial score (nSPS) is 12.2. The van der Waals surface area contributed by atoms with Crippen LogP contribution in [0.2, 0.25) is 0 Å². The Labute approximate surface area is 90.0 Å². The Morgan fingerprint density at radius 1 is 1.62 bits per heavy atom. The number of hydrogen-bond donors (Lipinski definition) is 0. The molecule has 0 aliphatic carbocycles. The molecule has 2 nitrogen and oxygen atoms in total. The van der Waals surface area contributed by atoms with E-state index >= 15 is 0 Å². The number of ether oxygens (including phenoxy) is 1. The van der Waals surface area contributed by atoms with Crippen LogP contribution in [0, 0.1) is 0 Å². The average molecular weight is 264 g/mol. The zero-order chi connectivity index (χ0) is 9.84. The molecule has 0 saturated heterocycles. The van der Waals surface area contributed by atoms with E-state index in [9.17, 15) is 4.79 Å². The molecule has 0 bridgehead atoms. The first kappa shape index (κ1) is 10.5. The molecule has 0 aliphatic rings. The number of carbonyl (C=O) groups excluding carboxylic acids is 1. The quantitative estimate of drug-likeness (QED) is 0.784. The maximum atomic E-state index is 10.7. The van der Waals surface area contributed by atoms with Crippen molar-refractivity contribution in [1.29, 1.82) is 0 Å². The summed E-state index contributed by atoms with van der Waals surface area (Å²) in [5.41, 5.74) is 0. The zero-order valence-electron chi connectivity index (χ0n) is 6.96. The molecule has 1 aromatic rings. The first-order valence-corrected chi connectivity index (χ1v) is 4.88. The van der Waals surface area contributed by atoms with Crippen LogP contribution in [0.15, 0.2) is 28.7 Å². The van der Waals surface area contributed by atoms with Crippen LogP contribution in [0.1, 0.15) is 6.92 Å². The van der Waals surface area contributed by atoms with Crippen LogP contribution < -0.4 is 4.74 Å². The molecule has 70 valence electrons. The van der Waals surface area contributed by atoms with Crippen molar-refractivity contribution in [2.75, 3.05) is 0 Å². The van der Waals surface area contributed by atoms with Crippen molar-refractivity contribution >= 4 is 32.8 Å². The molecule has 13 heavy (non-hydrogen) atoms. The van der Waals surface area contributed by atoms with E-state index in [0.29, 0.717) is 5.75 Å². The Balaban J connectivity index is 2.69. The third kappa shape index (κ3) is 3.36. The van der Waals surface area contributed by atoms with Crippen LogP contribution in [0.3, 0.4) is 0 Å². The highest BCUT2D eigenvalue weighted by molar-refractivity contribution is 9.10. The van der Waals surface area contributed by atoms with Gasteiger partial charge in [-0.2, -0.15) is 0 Å². The second kappa shape index (κ2) is 4.63. The molecule has 0 aromatic heterocycles. The maximum absolute atomic E-state index is 10.7. The summed E-state index contributed by atoms with van der Waals surface area (Å²) >= 11 is 8.53. The molecule has 4 heteroatoms. The highest BCUT2D eigenvalue weighted by Gasteiger charge is 2.10. The van der Waals surface area contributed by atoms with E-state index < -0.39 is 11.3 Å². The maximum Gasteiger partial charge on any atom is 0.262 e. The summed E-state index contributed by atoms with van der Waals surface area (Å²) in [4.78, 5) is 10.7. The standard InChI is InChI=1S/C9H8BrClO2/c1-6(9(11)12)13-8-4-2-3-7(10)5-8/h2-6H,1H3. The molecular formula is C9H8BrClO2. The van der Waals surface area contributed by atoms with Crippen LogP contribution in [-0.2, 0) is 4.79 Å². The topological polar surface area (TPSA) is 26.3 Å². The molecule has 0 radical (unpaired) electrons. The van der Waals surface area contributed by atoms with Gasteiger partial charge in [-0.3, -0.25) is 4.79 Å². The Morgan fingerprint density at radius 3 is 2.85 bits per heavy atom. The number of hydrogen-bond acceptors (Lipinski definition) is 2. The summed E-state index contributed by atoms with van der Waals surface area (Å²) < 4.78 is 6.15. The van der Waals surface area contributed by atoms with Crippen LogP contribution in [-0.4, -0.2) is 11.3 Å². The van der Waals surface area contributed by atoms with E-state index in [4.69, 9.17) is 16.3 Å². The fraction of sp³-hybridized carbons (Fsp3) is 0.222. The molecule has 0 fully saturated rings. The molecule has 0 aliphatic heterocycles. The average Bonchev–Trinajstić information content (AvgIpc) is 2.04. The van der Waals surface area contributed by atoms with Gasteiger partial charge in [0.05, 0.1) is 0 Å². The minimum absolute atomic E-state index is 0.500. The number of benzene rings is 1. The lowest BCUT2D eigenvalue weighted by Gasteiger charge is -2.09. The van der Waals surface area contributed by atoms with Gasteiger partial charge in [0.25, 0.3) is 5.24 Å². The number of carbonyl (C=O) groups is 1. The van der Waals surface area contributed by atoms with E-state index in [2.05, 4.69) is 15.9 Å². The van der Waals surface area contributed by atoms with E-state index in [-0.39, 0.29) is 0 Å². The van der Waals surface area contributed by atoms with Crippen molar-refractivity contribution in [3.8, 4) is 5.75 Å². The SMILES string of the molecule is CC(Oc1cccc(Br)c1)C(=O)Cl. The lowest BCUT2D eigenvalue weighted by molar-refractivity contribution is -0.117. The van der Waals surface area contributed by atoms with Gasteiger partial charge >= 0.3 is 0 Å². The summed E-state index contributed by atoms with van der Waals surface area (Å²) in [5.74, 6) is 0.621. The van der Waals surface area contributed by atoms with Gasteiger partial charge < -0.3 is 4.74 Å². The molecule has 1 unspecified atom stereocenters. The molecule has 0 spiro atoms. The Bertz CT molecular complexity index is 314. The van der Waals surface area contributed by atoms with Crippen molar-refractivity contribution in [3.63, 3.8) is 0 Å². The third-order valence-electron chi connectivity index (χ3n) is 1.43. The summed E-state index contributed by atoms with van der Waals surface area (Å²) in [6.45, 7) is 1.61. The van der Waals surface area contributed by atoms with E-state index in [1.807, 2.05) is 12.1 Å². The van der Waals surface area contributed by atoms with E-state index in [1.54, 1.807) is 19.1 Å². The van der Waals surface area contributed by atoms with E-state index in [1.165, 1.54) is 0 Å². The summed E-state index contributed by atoms with van der Waals surface area (Å²) in [6, 6.07) is 7.24. The van der Waals surface area contributed by atoms with Gasteiger partial charge in [0, 0.05) is 4.47 Å². The first-order valence-electron chi connectivity index (χ1n) is 3.71. The van der Waals surface area contributed by atoms with Crippen LogP contribution in [0.4, 0.5) is 0 Å². The highest BCUT2D eigenvalue weighted by atomic mass is 79.9.